The van der Waals surface area contributed by atoms with E-state index < -0.39 is 42.0 Å². The molecule has 3 saturated heterocycles. The van der Waals surface area contributed by atoms with Gasteiger partial charge < -0.3 is 23.6 Å². The normalized spacial score (nSPS) is 37.1. The molecule has 10 nitrogen and oxygen atoms in total. The number of aromatic amines is 1. The summed E-state index contributed by atoms with van der Waals surface area (Å²) >= 11 is 5.68. The number of ether oxygens (including phenoxy) is 2. The molecule has 0 saturated carbocycles. The van der Waals surface area contributed by atoms with Gasteiger partial charge in [0.2, 0.25) is 0 Å². The lowest BCUT2D eigenvalue weighted by Crippen LogP contribution is -2.49. The van der Waals surface area contributed by atoms with Gasteiger partial charge in [-0.3, -0.25) is 18.9 Å². The zero-order chi connectivity index (χ0) is 24.6. The Labute approximate surface area is 214 Å². The van der Waals surface area contributed by atoms with E-state index in [0.717, 1.165) is 15.9 Å². The smallest absolute Gasteiger partial charge is 0.330 e. The topological polar surface area (TPSA) is 121 Å². The number of aliphatic hydroxyl groups is 1. The number of nitrogens with zero attached hydrogens (tertiary/aromatic N) is 1. The molecule has 0 amide bonds. The highest BCUT2D eigenvalue weighted by Crippen LogP contribution is 2.60. The second-order valence-corrected chi connectivity index (χ2v) is 14.1. The molecule has 190 valence electrons. The van der Waals surface area contributed by atoms with Crippen molar-refractivity contribution >= 4 is 40.1 Å². The lowest BCUT2D eigenvalue weighted by atomic mass is 9.96. The van der Waals surface area contributed by atoms with Crippen molar-refractivity contribution < 1.29 is 28.2 Å². The number of H-pyrrole nitrogens is 1. The number of hydrogen-bond donors (Lipinski definition) is 2. The molecule has 1 aromatic carbocycles. The minimum absolute atomic E-state index is 0.0385. The van der Waals surface area contributed by atoms with Crippen LogP contribution < -0.4 is 11.2 Å². The number of aromatic nitrogens is 2. The quantitative estimate of drug-likeness (QED) is 0.400. The molecule has 3 aliphatic rings. The Morgan fingerprint density at radius 3 is 2.71 bits per heavy atom. The fraction of sp³-hybridized carbons (Fsp3) is 0.524. The third-order valence-corrected chi connectivity index (χ3v) is 10.7. The summed E-state index contributed by atoms with van der Waals surface area (Å²) in [5.74, 6) is 1.37. The summed E-state index contributed by atoms with van der Waals surface area (Å²) in [5, 5.41) is 11.3. The highest BCUT2D eigenvalue weighted by atomic mass is 33.1. The lowest BCUT2D eigenvalue weighted by molar-refractivity contribution is -0.0940. The monoisotopic (exact) mass is 560 g/mol. The number of fused-ring (bicyclic) bond motifs is 1. The van der Waals surface area contributed by atoms with E-state index in [4.69, 9.17) is 34.9 Å². The first kappa shape index (κ1) is 25.7. The van der Waals surface area contributed by atoms with Crippen LogP contribution in [-0.2, 0) is 41.5 Å². The molecule has 3 aliphatic heterocycles. The Morgan fingerprint density at radius 1 is 1.23 bits per heavy atom. The summed E-state index contributed by atoms with van der Waals surface area (Å²) < 4.78 is 31.4. The molecule has 0 radical (unpaired) electrons. The second kappa shape index (κ2) is 10.4. The van der Waals surface area contributed by atoms with Crippen LogP contribution >= 0.6 is 28.3 Å². The van der Waals surface area contributed by atoms with Gasteiger partial charge in [0.1, 0.15) is 23.9 Å². The highest BCUT2D eigenvalue weighted by Gasteiger charge is 2.59. The van der Waals surface area contributed by atoms with Crippen LogP contribution in [0.5, 0.6) is 0 Å². The van der Waals surface area contributed by atoms with Gasteiger partial charge in [0, 0.05) is 23.8 Å². The summed E-state index contributed by atoms with van der Waals surface area (Å²) in [6.07, 6.45) is -1.95. The Kier molecular flexibility index (Phi) is 7.63. The first-order valence-electron chi connectivity index (χ1n) is 11.0. The molecule has 4 heterocycles. The van der Waals surface area contributed by atoms with Crippen LogP contribution in [0.3, 0.4) is 0 Å². The highest BCUT2D eigenvalue weighted by molar-refractivity contribution is 8.76. The van der Waals surface area contributed by atoms with Crippen LogP contribution in [0.15, 0.2) is 52.2 Å². The maximum atomic E-state index is 12.3. The maximum absolute atomic E-state index is 12.3. The molecule has 5 rings (SSSR count). The van der Waals surface area contributed by atoms with E-state index in [2.05, 4.69) is 4.98 Å². The van der Waals surface area contributed by atoms with Crippen LogP contribution in [0.4, 0.5) is 0 Å². The van der Waals surface area contributed by atoms with E-state index in [1.807, 2.05) is 30.3 Å². The van der Waals surface area contributed by atoms with Crippen molar-refractivity contribution in [1.82, 2.24) is 9.55 Å². The standard InChI is InChI=1S/C21H25N2O8PS3/c1-21(26)18-14(29-19(21)23-8-7-17(24)22-20(23)25)10-28-32(33,31-18)30-16-12-35-34-11-15(16)27-9-13-5-3-2-4-6-13/h2-8,14-16,18-19,26H,9-12H2,1H3,(H,22,24,25)/t14?,15-,16?,18+,19?,21+,32?/m0/s1. The molecule has 0 aliphatic carbocycles. The summed E-state index contributed by atoms with van der Waals surface area (Å²) in [4.78, 5) is 25.9. The molecule has 4 unspecified atom stereocenters. The fourth-order valence-electron chi connectivity index (χ4n) is 4.18. The van der Waals surface area contributed by atoms with E-state index in [1.54, 1.807) is 21.6 Å². The molecule has 2 N–H and O–H groups in total. The molecule has 3 fully saturated rings. The Bertz CT molecular complexity index is 1210. The third-order valence-electron chi connectivity index (χ3n) is 5.99. The van der Waals surface area contributed by atoms with Gasteiger partial charge in [0.05, 0.1) is 19.3 Å². The fourth-order valence-corrected chi connectivity index (χ4v) is 9.18. The van der Waals surface area contributed by atoms with Gasteiger partial charge in [0.15, 0.2) is 6.23 Å². The largest absolute Gasteiger partial charge is 0.383 e. The van der Waals surface area contributed by atoms with Crippen molar-refractivity contribution in [2.24, 2.45) is 0 Å². The minimum atomic E-state index is -3.26. The number of benzene rings is 1. The predicted molar refractivity (Wildman–Crippen MR) is 136 cm³/mol. The Hall–Kier alpha value is -0.990. The van der Waals surface area contributed by atoms with Crippen molar-refractivity contribution in [2.75, 3.05) is 18.1 Å². The van der Waals surface area contributed by atoms with Crippen LogP contribution in [0.25, 0.3) is 0 Å². The van der Waals surface area contributed by atoms with Crippen molar-refractivity contribution in [3.63, 3.8) is 0 Å². The summed E-state index contributed by atoms with van der Waals surface area (Å²) in [7, 11) is 3.38. The van der Waals surface area contributed by atoms with Crippen molar-refractivity contribution in [2.45, 2.75) is 49.8 Å². The Balaban J connectivity index is 1.29. The van der Waals surface area contributed by atoms with Crippen molar-refractivity contribution in [3.05, 3.63) is 69.0 Å². The van der Waals surface area contributed by atoms with Crippen molar-refractivity contribution in [3.8, 4) is 0 Å². The molecule has 0 bridgehead atoms. The number of hydrogen-bond acceptors (Lipinski definition) is 11. The van der Waals surface area contributed by atoms with E-state index in [9.17, 15) is 14.7 Å². The van der Waals surface area contributed by atoms with Crippen molar-refractivity contribution in [1.29, 1.82) is 0 Å². The lowest BCUT2D eigenvalue weighted by Gasteiger charge is -2.40. The maximum Gasteiger partial charge on any atom is 0.330 e. The van der Waals surface area contributed by atoms with Crippen LogP contribution in [0.1, 0.15) is 18.7 Å². The SMILES string of the molecule is C[C@]1(O)C(n2ccc(=O)[nH]c2=O)OC2COP(=S)(OC3CSSC[C@@H]3OCc3ccccc3)O[C@H]21. The number of nitrogens with one attached hydrogen (secondary N) is 1. The Morgan fingerprint density at radius 2 is 1.97 bits per heavy atom. The van der Waals surface area contributed by atoms with E-state index in [0.29, 0.717) is 12.4 Å². The second-order valence-electron chi connectivity index (χ2n) is 8.59. The van der Waals surface area contributed by atoms with Gasteiger partial charge in [0.25, 0.3) is 5.56 Å². The average molecular weight is 561 g/mol. The average Bonchev–Trinajstić information content (AvgIpc) is 3.08. The number of rotatable bonds is 6. The molecule has 0 spiro atoms. The molecular weight excluding hydrogens is 535 g/mol. The zero-order valence-corrected chi connectivity index (χ0v) is 22.0. The van der Waals surface area contributed by atoms with Gasteiger partial charge >= 0.3 is 12.4 Å². The van der Waals surface area contributed by atoms with Gasteiger partial charge in [-0.15, -0.1) is 0 Å². The molecular formula is C21H25N2O8PS3. The van der Waals surface area contributed by atoms with E-state index in [-0.39, 0.29) is 18.8 Å². The molecule has 14 heteroatoms. The van der Waals surface area contributed by atoms with Crippen LogP contribution in [0, 0.1) is 0 Å². The molecule has 7 atom stereocenters. The molecule has 35 heavy (non-hydrogen) atoms. The first-order valence-corrected chi connectivity index (χ1v) is 16.0. The van der Waals surface area contributed by atoms with Gasteiger partial charge in [-0.2, -0.15) is 0 Å². The van der Waals surface area contributed by atoms with Crippen LogP contribution in [0.2, 0.25) is 0 Å². The summed E-state index contributed by atoms with van der Waals surface area (Å²) in [5.41, 5.74) is -1.82. The molecule has 2 aromatic rings. The van der Waals surface area contributed by atoms with E-state index >= 15 is 0 Å². The summed E-state index contributed by atoms with van der Waals surface area (Å²) in [6.45, 7) is -1.27. The minimum Gasteiger partial charge on any atom is -0.383 e. The van der Waals surface area contributed by atoms with Gasteiger partial charge in [-0.1, -0.05) is 51.9 Å². The third kappa shape index (κ3) is 5.49. The van der Waals surface area contributed by atoms with E-state index in [1.165, 1.54) is 19.2 Å². The van der Waals surface area contributed by atoms with Crippen LogP contribution in [-0.4, -0.2) is 62.8 Å². The summed E-state index contributed by atoms with van der Waals surface area (Å²) in [6, 6.07) is 11.1. The molecule has 1 aromatic heterocycles. The first-order chi connectivity index (χ1) is 16.7. The predicted octanol–water partition coefficient (Wildman–Crippen LogP) is 2.19. The zero-order valence-electron chi connectivity index (χ0n) is 18.7. The van der Waals surface area contributed by atoms with Gasteiger partial charge in [-0.05, 0) is 24.3 Å². The van der Waals surface area contributed by atoms with Gasteiger partial charge in [-0.25, -0.2) is 4.79 Å².